The van der Waals surface area contributed by atoms with Gasteiger partial charge in [0.25, 0.3) is 5.91 Å². The predicted octanol–water partition coefficient (Wildman–Crippen LogP) is 4.79. The van der Waals surface area contributed by atoms with Crippen molar-refractivity contribution in [2.75, 3.05) is 25.0 Å². The molecule has 0 saturated carbocycles. The van der Waals surface area contributed by atoms with Crippen molar-refractivity contribution in [2.24, 2.45) is 0 Å². The van der Waals surface area contributed by atoms with E-state index in [9.17, 15) is 22.8 Å². The molecule has 1 N–H and O–H groups in total. The molecule has 0 unspecified atom stereocenters. The number of rotatable bonds is 4. The number of piperazine rings is 1. The summed E-state index contributed by atoms with van der Waals surface area (Å²) in [6, 6.07) is 9.44. The first-order valence-electron chi connectivity index (χ1n) is 11.0. The van der Waals surface area contributed by atoms with E-state index in [2.05, 4.69) is 15.2 Å². The molecule has 0 radical (unpaired) electrons. The fourth-order valence-corrected chi connectivity index (χ4v) is 3.66. The van der Waals surface area contributed by atoms with Crippen LogP contribution in [0.1, 0.15) is 49.3 Å². The number of halogens is 3. The highest BCUT2D eigenvalue weighted by Gasteiger charge is 2.37. The van der Waals surface area contributed by atoms with Crippen molar-refractivity contribution in [2.45, 2.75) is 52.1 Å². The average molecular weight is 479 g/mol. The summed E-state index contributed by atoms with van der Waals surface area (Å²) in [4.78, 5) is 32.0. The lowest BCUT2D eigenvalue weighted by Crippen LogP contribution is -2.54. The number of amides is 2. The molecular formula is C24H29F3N4O3. The minimum Gasteiger partial charge on any atom is -0.444 e. The number of carbonyl (C=O) groups is 2. The summed E-state index contributed by atoms with van der Waals surface area (Å²) in [5, 5.41) is 2.50. The maximum absolute atomic E-state index is 13.1. The zero-order valence-corrected chi connectivity index (χ0v) is 19.6. The number of aromatic nitrogens is 1. The van der Waals surface area contributed by atoms with Crippen LogP contribution in [-0.4, -0.2) is 58.1 Å². The Morgan fingerprint density at radius 3 is 2.38 bits per heavy atom. The molecule has 1 aromatic carbocycles. The lowest BCUT2D eigenvalue weighted by atomic mass is 10.1. The Labute approximate surface area is 196 Å². The van der Waals surface area contributed by atoms with Crippen molar-refractivity contribution in [3.05, 3.63) is 59.4 Å². The molecule has 2 heterocycles. The summed E-state index contributed by atoms with van der Waals surface area (Å²) in [6.45, 7) is 9.97. The molecule has 3 rings (SSSR count). The van der Waals surface area contributed by atoms with Crippen LogP contribution in [0.25, 0.3) is 0 Å². The summed E-state index contributed by atoms with van der Waals surface area (Å²) < 4.78 is 44.8. The zero-order valence-electron chi connectivity index (χ0n) is 19.6. The van der Waals surface area contributed by atoms with Gasteiger partial charge in [-0.25, -0.2) is 4.79 Å². The monoisotopic (exact) mass is 478 g/mol. The van der Waals surface area contributed by atoms with E-state index in [1.54, 1.807) is 17.0 Å². The normalized spacial score (nSPS) is 17.4. The Kier molecular flexibility index (Phi) is 7.50. The summed E-state index contributed by atoms with van der Waals surface area (Å²) in [6.07, 6.45) is -4.04. The van der Waals surface area contributed by atoms with Crippen LogP contribution < -0.4 is 5.32 Å². The number of pyridine rings is 1. The van der Waals surface area contributed by atoms with Crippen molar-refractivity contribution < 1.29 is 27.5 Å². The van der Waals surface area contributed by atoms with Gasteiger partial charge in [-0.2, -0.15) is 13.2 Å². The van der Waals surface area contributed by atoms with E-state index in [0.717, 1.165) is 17.8 Å². The fraction of sp³-hybridized carbons (Fsp3) is 0.458. The molecular weight excluding hydrogens is 449 g/mol. The molecule has 1 fully saturated rings. The topological polar surface area (TPSA) is 74.8 Å². The van der Waals surface area contributed by atoms with Crippen molar-refractivity contribution in [3.8, 4) is 0 Å². The third-order valence-corrected chi connectivity index (χ3v) is 5.34. The highest BCUT2D eigenvalue weighted by Crippen LogP contribution is 2.30. The van der Waals surface area contributed by atoms with Crippen molar-refractivity contribution in [1.29, 1.82) is 0 Å². The molecule has 0 bridgehead atoms. The van der Waals surface area contributed by atoms with Gasteiger partial charge in [0, 0.05) is 44.1 Å². The average Bonchev–Trinajstić information content (AvgIpc) is 2.74. The van der Waals surface area contributed by atoms with Crippen LogP contribution in [0.4, 0.5) is 23.7 Å². The van der Waals surface area contributed by atoms with Crippen LogP contribution in [0.5, 0.6) is 0 Å². The van der Waals surface area contributed by atoms with E-state index in [1.807, 2.05) is 39.8 Å². The Balaban J connectivity index is 1.58. The molecule has 1 atom stereocenters. The molecule has 2 amide bonds. The number of benzene rings is 1. The number of hydrogen-bond acceptors (Lipinski definition) is 5. The van der Waals surface area contributed by atoms with Gasteiger partial charge in [-0.15, -0.1) is 0 Å². The second kappa shape index (κ2) is 10.0. The number of carbonyl (C=O) groups excluding carboxylic acids is 2. The summed E-state index contributed by atoms with van der Waals surface area (Å²) in [5.41, 5.74) is -0.930. The standard InChI is InChI=1S/C24H29F3N4O3/c1-16-14-31(22(33)34-23(2,3)4)13-12-30(16)15-17-7-9-18(10-8-17)29-21(32)19-6-5-11-28-20(19)24(25,26)27/h5-11,16H,12-15H2,1-4H3,(H,29,32)/t16-/m1/s1. The number of alkyl halides is 3. The van der Waals surface area contributed by atoms with E-state index in [-0.39, 0.29) is 12.1 Å². The second-order valence-corrected chi connectivity index (χ2v) is 9.29. The van der Waals surface area contributed by atoms with Gasteiger partial charge in [0.05, 0.1) is 5.56 Å². The van der Waals surface area contributed by atoms with E-state index < -0.39 is 28.9 Å². The van der Waals surface area contributed by atoms with Gasteiger partial charge in [-0.3, -0.25) is 14.7 Å². The quantitative estimate of drug-likeness (QED) is 0.684. The van der Waals surface area contributed by atoms with Crippen LogP contribution in [0.2, 0.25) is 0 Å². The number of hydrogen-bond donors (Lipinski definition) is 1. The summed E-state index contributed by atoms with van der Waals surface area (Å²) >= 11 is 0. The lowest BCUT2D eigenvalue weighted by molar-refractivity contribution is -0.141. The number of nitrogens with zero attached hydrogens (tertiary/aromatic N) is 3. The molecule has 0 spiro atoms. The van der Waals surface area contributed by atoms with E-state index in [4.69, 9.17) is 4.74 Å². The van der Waals surface area contributed by atoms with Gasteiger partial charge in [0.15, 0.2) is 5.69 Å². The van der Waals surface area contributed by atoms with Gasteiger partial charge < -0.3 is 15.0 Å². The van der Waals surface area contributed by atoms with Crippen molar-refractivity contribution >= 4 is 17.7 Å². The number of nitrogens with one attached hydrogen (secondary N) is 1. The Hall–Kier alpha value is -3.14. The maximum Gasteiger partial charge on any atom is 0.434 e. The minimum absolute atomic E-state index is 0.118. The smallest absolute Gasteiger partial charge is 0.434 e. The number of ether oxygens (including phenoxy) is 1. The summed E-state index contributed by atoms with van der Waals surface area (Å²) in [5.74, 6) is -0.875. The second-order valence-electron chi connectivity index (χ2n) is 9.29. The first kappa shape index (κ1) is 25.5. The third kappa shape index (κ3) is 6.69. The predicted molar refractivity (Wildman–Crippen MR) is 121 cm³/mol. The molecule has 1 aliphatic rings. The molecule has 1 aliphatic heterocycles. The van der Waals surface area contributed by atoms with Crippen LogP contribution in [0.15, 0.2) is 42.6 Å². The Bertz CT molecular complexity index is 1020. The van der Waals surface area contributed by atoms with Crippen molar-refractivity contribution in [3.63, 3.8) is 0 Å². The van der Waals surface area contributed by atoms with Crippen molar-refractivity contribution in [1.82, 2.24) is 14.8 Å². The highest BCUT2D eigenvalue weighted by atomic mass is 19.4. The Morgan fingerprint density at radius 2 is 1.79 bits per heavy atom. The molecule has 7 nitrogen and oxygen atoms in total. The minimum atomic E-state index is -4.72. The number of anilines is 1. The van der Waals surface area contributed by atoms with E-state index in [1.165, 1.54) is 6.07 Å². The van der Waals surface area contributed by atoms with Crippen LogP contribution in [0, 0.1) is 0 Å². The molecule has 0 aliphatic carbocycles. The van der Waals surface area contributed by atoms with Gasteiger partial charge in [0.1, 0.15) is 5.60 Å². The molecule has 34 heavy (non-hydrogen) atoms. The summed E-state index contributed by atoms with van der Waals surface area (Å²) in [7, 11) is 0. The van der Waals surface area contributed by atoms with Gasteiger partial charge in [-0.1, -0.05) is 12.1 Å². The van der Waals surface area contributed by atoms with Crippen LogP contribution >= 0.6 is 0 Å². The fourth-order valence-electron chi connectivity index (χ4n) is 3.66. The highest BCUT2D eigenvalue weighted by molar-refractivity contribution is 6.05. The maximum atomic E-state index is 13.1. The molecule has 2 aromatic rings. The molecule has 1 saturated heterocycles. The Morgan fingerprint density at radius 1 is 1.12 bits per heavy atom. The SMILES string of the molecule is C[C@@H]1CN(C(=O)OC(C)(C)C)CCN1Cc1ccc(NC(=O)c2cccnc2C(F)(F)F)cc1. The molecule has 1 aromatic heterocycles. The largest absolute Gasteiger partial charge is 0.444 e. The van der Waals surface area contributed by atoms with Crippen LogP contribution in [0.3, 0.4) is 0 Å². The molecule has 184 valence electrons. The first-order valence-corrected chi connectivity index (χ1v) is 11.0. The van der Waals surface area contributed by atoms with Gasteiger partial charge in [0.2, 0.25) is 0 Å². The molecule has 10 heteroatoms. The third-order valence-electron chi connectivity index (χ3n) is 5.34. The van der Waals surface area contributed by atoms with Gasteiger partial charge in [-0.05, 0) is 57.5 Å². The van der Waals surface area contributed by atoms with E-state index >= 15 is 0 Å². The zero-order chi connectivity index (χ0) is 25.1. The lowest BCUT2D eigenvalue weighted by Gasteiger charge is -2.40. The van der Waals surface area contributed by atoms with E-state index in [0.29, 0.717) is 31.9 Å². The van der Waals surface area contributed by atoms with Gasteiger partial charge >= 0.3 is 12.3 Å². The first-order chi connectivity index (χ1) is 15.8. The van der Waals surface area contributed by atoms with Crippen LogP contribution in [-0.2, 0) is 17.5 Å².